The van der Waals surface area contributed by atoms with Gasteiger partial charge in [-0.25, -0.2) is 0 Å². The highest BCUT2D eigenvalue weighted by Gasteiger charge is 2.21. The molecule has 0 heterocycles. The quantitative estimate of drug-likeness (QED) is 0.647. The van der Waals surface area contributed by atoms with Gasteiger partial charge in [-0.05, 0) is 32.2 Å². The first kappa shape index (κ1) is 12.9. The maximum Gasteiger partial charge on any atom is 0.0727 e. The molecule has 0 aromatic rings. The van der Waals surface area contributed by atoms with Crippen molar-refractivity contribution in [3.05, 3.63) is 0 Å². The van der Waals surface area contributed by atoms with E-state index in [1.807, 2.05) is 0 Å². The van der Waals surface area contributed by atoms with Crippen LogP contribution < -0.4 is 5.73 Å². The van der Waals surface area contributed by atoms with Crippen LogP contribution in [0.25, 0.3) is 0 Å². The maximum absolute atomic E-state index is 9.01. The van der Waals surface area contributed by atoms with Crippen molar-refractivity contribution in [2.45, 2.75) is 44.6 Å². The lowest BCUT2D eigenvalue weighted by Gasteiger charge is -2.27. The Labute approximate surface area is 97.6 Å². The van der Waals surface area contributed by atoms with Crippen LogP contribution in [0.2, 0.25) is 0 Å². The first-order valence-corrected chi connectivity index (χ1v) is 6.28. The zero-order valence-corrected chi connectivity index (χ0v) is 10.1. The third-order valence-electron chi connectivity index (χ3n) is 3.10. The maximum atomic E-state index is 9.01. The summed E-state index contributed by atoms with van der Waals surface area (Å²) in [5.41, 5.74) is 5.47. The van der Waals surface area contributed by atoms with Crippen molar-refractivity contribution >= 4 is 17.2 Å². The first-order chi connectivity index (χ1) is 7.24. The summed E-state index contributed by atoms with van der Waals surface area (Å²) in [4.78, 5) is 3.00. The number of hydrogen-bond donors (Lipinski definition) is 2. The summed E-state index contributed by atoms with van der Waals surface area (Å²) < 4.78 is 0. The summed E-state index contributed by atoms with van der Waals surface area (Å²) in [7, 11) is 0. The van der Waals surface area contributed by atoms with Crippen LogP contribution in [-0.2, 0) is 0 Å². The van der Waals surface area contributed by atoms with Crippen LogP contribution in [0, 0.1) is 0 Å². The van der Waals surface area contributed by atoms with Crippen LogP contribution in [0.15, 0.2) is 0 Å². The van der Waals surface area contributed by atoms with Gasteiger partial charge in [-0.3, -0.25) is 4.90 Å². The van der Waals surface area contributed by atoms with E-state index in [1.54, 1.807) is 0 Å². The molecule has 15 heavy (non-hydrogen) atoms. The topological polar surface area (TPSA) is 49.5 Å². The number of rotatable bonds is 7. The highest BCUT2D eigenvalue weighted by atomic mass is 32.1. The van der Waals surface area contributed by atoms with Gasteiger partial charge in [0.1, 0.15) is 0 Å². The normalized spacial score (nSPS) is 17.5. The monoisotopic (exact) mass is 230 g/mol. The summed E-state index contributed by atoms with van der Waals surface area (Å²) >= 11 is 4.86. The largest absolute Gasteiger partial charge is 0.395 e. The molecule has 0 aromatic heterocycles. The fourth-order valence-corrected chi connectivity index (χ4v) is 2.48. The average Bonchev–Trinajstić information content (AvgIpc) is 2.68. The Bertz CT molecular complexity index is 193. The van der Waals surface area contributed by atoms with Gasteiger partial charge >= 0.3 is 0 Å². The Morgan fingerprint density at radius 3 is 2.53 bits per heavy atom. The zero-order chi connectivity index (χ0) is 11.1. The van der Waals surface area contributed by atoms with E-state index in [9.17, 15) is 0 Å². The molecule has 1 fully saturated rings. The Morgan fingerprint density at radius 2 is 2.00 bits per heavy atom. The molecule has 1 aliphatic carbocycles. The standard InChI is InChI=1S/C11H22N2OS/c12-11(15)6-3-7-13(8-9-14)10-4-1-2-5-10/h10,14H,1-9H2,(H2,12,15). The van der Waals surface area contributed by atoms with Gasteiger partial charge in [0.25, 0.3) is 0 Å². The Hall–Kier alpha value is -0.190. The smallest absolute Gasteiger partial charge is 0.0727 e. The van der Waals surface area contributed by atoms with E-state index in [0.29, 0.717) is 11.0 Å². The van der Waals surface area contributed by atoms with Crippen molar-refractivity contribution in [3.8, 4) is 0 Å². The predicted molar refractivity (Wildman–Crippen MR) is 66.9 cm³/mol. The molecule has 0 aromatic carbocycles. The number of aliphatic hydroxyl groups is 1. The van der Waals surface area contributed by atoms with Crippen LogP contribution in [0.1, 0.15) is 38.5 Å². The second-order valence-corrected chi connectivity index (χ2v) is 4.79. The fraction of sp³-hybridized carbons (Fsp3) is 0.909. The lowest BCUT2D eigenvalue weighted by atomic mass is 10.2. The first-order valence-electron chi connectivity index (χ1n) is 5.87. The fourth-order valence-electron chi connectivity index (χ4n) is 2.33. The van der Waals surface area contributed by atoms with E-state index in [4.69, 9.17) is 23.1 Å². The van der Waals surface area contributed by atoms with Crippen LogP contribution >= 0.6 is 12.2 Å². The molecular weight excluding hydrogens is 208 g/mol. The minimum Gasteiger partial charge on any atom is -0.395 e. The van der Waals surface area contributed by atoms with Crippen molar-refractivity contribution in [1.29, 1.82) is 0 Å². The summed E-state index contributed by atoms with van der Waals surface area (Å²) in [6.07, 6.45) is 7.08. The molecule has 88 valence electrons. The molecule has 1 aliphatic rings. The molecule has 4 heteroatoms. The molecule has 0 unspecified atom stereocenters. The number of nitrogens with zero attached hydrogens (tertiary/aromatic N) is 1. The molecule has 0 bridgehead atoms. The molecule has 1 saturated carbocycles. The molecule has 0 aliphatic heterocycles. The average molecular weight is 230 g/mol. The van der Waals surface area contributed by atoms with Crippen molar-refractivity contribution in [3.63, 3.8) is 0 Å². The van der Waals surface area contributed by atoms with Gasteiger partial charge in [0.15, 0.2) is 0 Å². The van der Waals surface area contributed by atoms with Gasteiger partial charge in [0.05, 0.1) is 11.6 Å². The molecular formula is C11H22N2OS. The lowest BCUT2D eigenvalue weighted by molar-refractivity contribution is 0.151. The van der Waals surface area contributed by atoms with Crippen LogP contribution in [0.3, 0.4) is 0 Å². The van der Waals surface area contributed by atoms with E-state index in [2.05, 4.69) is 4.90 Å². The van der Waals surface area contributed by atoms with E-state index in [0.717, 1.165) is 25.9 Å². The summed E-state index contributed by atoms with van der Waals surface area (Å²) in [5, 5.41) is 9.01. The molecule has 0 amide bonds. The Morgan fingerprint density at radius 1 is 1.33 bits per heavy atom. The van der Waals surface area contributed by atoms with Crippen molar-refractivity contribution in [2.24, 2.45) is 5.73 Å². The van der Waals surface area contributed by atoms with Gasteiger partial charge in [-0.15, -0.1) is 0 Å². The number of hydrogen-bond acceptors (Lipinski definition) is 3. The molecule has 0 atom stereocenters. The van der Waals surface area contributed by atoms with Crippen LogP contribution in [0.5, 0.6) is 0 Å². The Kier molecular flexibility index (Phi) is 6.13. The number of thiocarbonyl (C=S) groups is 1. The predicted octanol–water partition coefficient (Wildman–Crippen LogP) is 1.29. The van der Waals surface area contributed by atoms with E-state index >= 15 is 0 Å². The third-order valence-corrected chi connectivity index (χ3v) is 3.30. The molecule has 0 saturated heterocycles. The molecule has 3 N–H and O–H groups in total. The highest BCUT2D eigenvalue weighted by Crippen LogP contribution is 2.23. The molecule has 1 rings (SSSR count). The van der Waals surface area contributed by atoms with E-state index in [1.165, 1.54) is 25.7 Å². The Balaban J connectivity index is 2.26. The second-order valence-electron chi connectivity index (χ2n) is 4.27. The summed E-state index contributed by atoms with van der Waals surface area (Å²) in [6, 6.07) is 0.684. The second kappa shape index (κ2) is 7.14. The lowest BCUT2D eigenvalue weighted by Crippen LogP contribution is -2.36. The van der Waals surface area contributed by atoms with Crippen LogP contribution in [-0.4, -0.2) is 40.7 Å². The van der Waals surface area contributed by atoms with Crippen molar-refractivity contribution in [1.82, 2.24) is 4.90 Å². The van der Waals surface area contributed by atoms with E-state index in [-0.39, 0.29) is 6.61 Å². The van der Waals surface area contributed by atoms with Gasteiger partial charge in [-0.2, -0.15) is 0 Å². The third kappa shape index (κ3) is 4.91. The van der Waals surface area contributed by atoms with Crippen LogP contribution in [0.4, 0.5) is 0 Å². The molecule has 0 spiro atoms. The van der Waals surface area contributed by atoms with Gasteiger partial charge < -0.3 is 10.8 Å². The number of nitrogens with two attached hydrogens (primary N) is 1. The zero-order valence-electron chi connectivity index (χ0n) is 9.32. The summed E-state index contributed by atoms with van der Waals surface area (Å²) in [5.74, 6) is 0. The van der Waals surface area contributed by atoms with Crippen molar-refractivity contribution in [2.75, 3.05) is 19.7 Å². The molecule has 0 radical (unpaired) electrons. The summed E-state index contributed by atoms with van der Waals surface area (Å²) in [6.45, 7) is 2.06. The minimum atomic E-state index is 0.254. The van der Waals surface area contributed by atoms with Crippen molar-refractivity contribution < 1.29 is 5.11 Å². The number of aliphatic hydroxyl groups excluding tert-OH is 1. The van der Waals surface area contributed by atoms with Gasteiger partial charge in [0.2, 0.25) is 0 Å². The SMILES string of the molecule is NC(=S)CCCN(CCO)C1CCCC1. The van der Waals surface area contributed by atoms with Gasteiger partial charge in [-0.1, -0.05) is 25.1 Å². The molecule has 3 nitrogen and oxygen atoms in total. The minimum absolute atomic E-state index is 0.254. The highest BCUT2D eigenvalue weighted by molar-refractivity contribution is 7.80. The van der Waals surface area contributed by atoms with Gasteiger partial charge in [0, 0.05) is 12.6 Å². The van der Waals surface area contributed by atoms with E-state index < -0.39 is 0 Å².